The number of carbonyl (C=O) groups excluding carboxylic acids is 1. The topological polar surface area (TPSA) is 70.6 Å². The van der Waals surface area contributed by atoms with E-state index in [9.17, 15) is 4.79 Å². The Hall–Kier alpha value is -2.67. The van der Waals surface area contributed by atoms with Crippen LogP contribution in [0.15, 0.2) is 24.4 Å². The third kappa shape index (κ3) is 6.40. The van der Waals surface area contributed by atoms with Crippen molar-refractivity contribution in [2.45, 2.75) is 45.6 Å². The number of likely N-dealkylation sites (N-methyl/N-ethyl adjacent to an activating group) is 2. The molecule has 0 fully saturated rings. The fraction of sp³-hybridized carbons (Fsp3) is 0.542. The highest BCUT2D eigenvalue weighted by atomic mass is 16.5. The maximum absolute atomic E-state index is 12.5. The van der Waals surface area contributed by atoms with E-state index in [4.69, 9.17) is 9.72 Å². The van der Waals surface area contributed by atoms with Gasteiger partial charge in [-0.3, -0.25) is 14.8 Å². The van der Waals surface area contributed by atoms with Gasteiger partial charge in [-0.05, 0) is 71.8 Å². The molecule has 0 saturated heterocycles. The summed E-state index contributed by atoms with van der Waals surface area (Å²) in [5.41, 5.74) is 4.76. The first-order chi connectivity index (χ1) is 14.6. The lowest BCUT2D eigenvalue weighted by Crippen LogP contribution is -2.45. The molecule has 0 spiro atoms. The first-order valence-electron chi connectivity index (χ1n) is 10.9. The number of nitrogens with zero attached hydrogens (tertiary/aromatic N) is 4. The molecule has 31 heavy (non-hydrogen) atoms. The predicted molar refractivity (Wildman–Crippen MR) is 125 cm³/mol. The number of nitrogens with one attached hydrogen (secondary N) is 1. The number of pyridine rings is 2. The van der Waals surface area contributed by atoms with Crippen LogP contribution in [0.4, 0.5) is 5.69 Å². The van der Waals surface area contributed by atoms with E-state index in [-0.39, 0.29) is 11.4 Å². The summed E-state index contributed by atoms with van der Waals surface area (Å²) in [4.78, 5) is 26.0. The molecule has 1 aliphatic carbocycles. The van der Waals surface area contributed by atoms with Crippen molar-refractivity contribution in [1.82, 2.24) is 20.2 Å². The molecule has 0 aliphatic heterocycles. The number of aryl methyl sites for hydroxylation is 1. The summed E-state index contributed by atoms with van der Waals surface area (Å²) in [6.45, 7) is 7.74. The molecule has 7 heteroatoms. The van der Waals surface area contributed by atoms with E-state index in [0.717, 1.165) is 54.3 Å². The van der Waals surface area contributed by atoms with E-state index >= 15 is 0 Å². The molecule has 0 unspecified atom stereocenters. The summed E-state index contributed by atoms with van der Waals surface area (Å²) in [5, 5.41) is 3.04. The second kappa shape index (κ2) is 9.64. The zero-order valence-electron chi connectivity index (χ0n) is 19.7. The van der Waals surface area contributed by atoms with E-state index < -0.39 is 0 Å². The molecule has 2 heterocycles. The van der Waals surface area contributed by atoms with Gasteiger partial charge >= 0.3 is 0 Å². The number of hydrogen-bond acceptors (Lipinski definition) is 6. The Bertz CT molecular complexity index is 921. The number of aromatic nitrogens is 2. The van der Waals surface area contributed by atoms with Gasteiger partial charge in [0.1, 0.15) is 12.4 Å². The van der Waals surface area contributed by atoms with Crippen molar-refractivity contribution >= 4 is 11.6 Å². The number of rotatable bonds is 8. The van der Waals surface area contributed by atoms with Crippen molar-refractivity contribution in [3.8, 4) is 17.1 Å². The van der Waals surface area contributed by atoms with Crippen molar-refractivity contribution in [2.24, 2.45) is 0 Å². The fourth-order valence-corrected chi connectivity index (χ4v) is 3.74. The monoisotopic (exact) mass is 425 g/mol. The lowest BCUT2D eigenvalue weighted by Gasteiger charge is -2.26. The molecule has 1 amide bonds. The molecule has 168 valence electrons. The number of anilines is 1. The third-order valence-electron chi connectivity index (χ3n) is 5.13. The van der Waals surface area contributed by atoms with E-state index in [1.54, 1.807) is 6.20 Å². The van der Waals surface area contributed by atoms with Gasteiger partial charge in [0, 0.05) is 42.8 Å². The molecule has 0 radical (unpaired) electrons. The SMILES string of the molecule is CN(C)CCOc1ccnc(-c2cc(N(C)CC(=O)NC(C)(C)C)c3c(n2)CCC3)c1. The van der Waals surface area contributed by atoms with Crippen LogP contribution in [0.5, 0.6) is 5.75 Å². The molecule has 1 N–H and O–H groups in total. The van der Waals surface area contributed by atoms with Crippen LogP contribution in [0.2, 0.25) is 0 Å². The summed E-state index contributed by atoms with van der Waals surface area (Å²) >= 11 is 0. The minimum atomic E-state index is -0.250. The highest BCUT2D eigenvalue weighted by molar-refractivity contribution is 5.82. The van der Waals surface area contributed by atoms with Gasteiger partial charge in [0.05, 0.1) is 17.9 Å². The third-order valence-corrected chi connectivity index (χ3v) is 5.13. The minimum absolute atomic E-state index is 0.00882. The maximum atomic E-state index is 12.5. The van der Waals surface area contributed by atoms with Crippen LogP contribution in [0.3, 0.4) is 0 Å². The zero-order chi connectivity index (χ0) is 22.6. The van der Waals surface area contributed by atoms with Gasteiger partial charge in [-0.15, -0.1) is 0 Å². The summed E-state index contributed by atoms with van der Waals surface area (Å²) in [6.07, 6.45) is 4.79. The second-order valence-electron chi connectivity index (χ2n) is 9.49. The summed E-state index contributed by atoms with van der Waals surface area (Å²) in [7, 11) is 6.01. The maximum Gasteiger partial charge on any atom is 0.239 e. The predicted octanol–water partition coefficient (Wildman–Crippen LogP) is 2.92. The largest absolute Gasteiger partial charge is 0.492 e. The quantitative estimate of drug-likeness (QED) is 0.701. The molecule has 3 rings (SSSR count). The first-order valence-corrected chi connectivity index (χ1v) is 10.9. The zero-order valence-corrected chi connectivity index (χ0v) is 19.7. The summed E-state index contributed by atoms with van der Waals surface area (Å²) in [5.74, 6) is 0.795. The van der Waals surface area contributed by atoms with Crippen molar-refractivity contribution in [3.05, 3.63) is 35.7 Å². The Morgan fingerprint density at radius 2 is 1.94 bits per heavy atom. The fourth-order valence-electron chi connectivity index (χ4n) is 3.74. The van der Waals surface area contributed by atoms with E-state index in [1.807, 2.05) is 58.9 Å². The Balaban J connectivity index is 1.84. The molecule has 2 aromatic heterocycles. The van der Waals surface area contributed by atoms with Crippen LogP contribution < -0.4 is 15.0 Å². The van der Waals surface area contributed by atoms with Crippen LogP contribution >= 0.6 is 0 Å². The second-order valence-corrected chi connectivity index (χ2v) is 9.49. The van der Waals surface area contributed by atoms with E-state index in [2.05, 4.69) is 21.3 Å². The Kier molecular flexibility index (Phi) is 7.15. The lowest BCUT2D eigenvalue weighted by atomic mass is 10.1. The number of amides is 1. The number of carbonyl (C=O) groups is 1. The molecule has 0 aromatic carbocycles. The van der Waals surface area contributed by atoms with Crippen molar-refractivity contribution in [2.75, 3.05) is 45.7 Å². The molecule has 0 atom stereocenters. The number of fused-ring (bicyclic) bond motifs is 1. The smallest absolute Gasteiger partial charge is 0.239 e. The Morgan fingerprint density at radius 3 is 2.65 bits per heavy atom. The van der Waals surface area contributed by atoms with E-state index in [0.29, 0.717) is 13.2 Å². The Labute approximate surface area is 185 Å². The highest BCUT2D eigenvalue weighted by Crippen LogP contribution is 2.33. The van der Waals surface area contributed by atoms with Crippen LogP contribution in [0.1, 0.15) is 38.4 Å². The summed E-state index contributed by atoms with van der Waals surface area (Å²) < 4.78 is 5.88. The normalized spacial score (nSPS) is 13.3. The molecule has 0 saturated carbocycles. The molecular weight excluding hydrogens is 390 g/mol. The van der Waals surface area contributed by atoms with Gasteiger partial charge in [-0.1, -0.05) is 0 Å². The van der Waals surface area contributed by atoms with Crippen molar-refractivity contribution in [3.63, 3.8) is 0 Å². The van der Waals surface area contributed by atoms with E-state index in [1.165, 1.54) is 5.56 Å². The van der Waals surface area contributed by atoms with Gasteiger partial charge in [0.25, 0.3) is 0 Å². The first kappa shape index (κ1) is 23.0. The highest BCUT2D eigenvalue weighted by Gasteiger charge is 2.23. The van der Waals surface area contributed by atoms with Crippen molar-refractivity contribution < 1.29 is 9.53 Å². The van der Waals surface area contributed by atoms with Crippen LogP contribution in [-0.4, -0.2) is 67.2 Å². The minimum Gasteiger partial charge on any atom is -0.492 e. The molecule has 7 nitrogen and oxygen atoms in total. The van der Waals surface area contributed by atoms with Crippen molar-refractivity contribution in [1.29, 1.82) is 0 Å². The average Bonchev–Trinajstić information content (AvgIpc) is 3.14. The molecule has 0 bridgehead atoms. The molecule has 1 aliphatic rings. The number of hydrogen-bond donors (Lipinski definition) is 1. The standard InChI is InChI=1S/C24H35N5O2/c1-24(2,3)27-23(30)16-29(6)22-15-21(26-19-9-7-8-18(19)22)20-14-17(10-11-25-20)31-13-12-28(4)5/h10-11,14-15H,7-9,12-13,16H2,1-6H3,(H,27,30). The van der Waals surface area contributed by atoms with Crippen LogP contribution in [-0.2, 0) is 17.6 Å². The average molecular weight is 426 g/mol. The van der Waals surface area contributed by atoms with Gasteiger partial charge in [0.2, 0.25) is 5.91 Å². The lowest BCUT2D eigenvalue weighted by molar-refractivity contribution is -0.121. The Morgan fingerprint density at radius 1 is 1.16 bits per heavy atom. The van der Waals surface area contributed by atoms with Gasteiger partial charge < -0.3 is 19.9 Å². The van der Waals surface area contributed by atoms with Crippen LogP contribution in [0.25, 0.3) is 11.4 Å². The van der Waals surface area contributed by atoms with Crippen LogP contribution in [0, 0.1) is 0 Å². The van der Waals surface area contributed by atoms with Gasteiger partial charge in [-0.25, -0.2) is 0 Å². The summed E-state index contributed by atoms with van der Waals surface area (Å²) in [6, 6.07) is 5.87. The van der Waals surface area contributed by atoms with Gasteiger partial charge in [-0.2, -0.15) is 0 Å². The van der Waals surface area contributed by atoms with Gasteiger partial charge in [0.15, 0.2) is 0 Å². The number of ether oxygens (including phenoxy) is 1. The molecule has 2 aromatic rings. The molecular formula is C24H35N5O2.